The van der Waals surface area contributed by atoms with E-state index in [9.17, 15) is 0 Å². The average molecular weight is 182 g/mol. The van der Waals surface area contributed by atoms with Crippen LogP contribution in [-0.2, 0) is 12.1 Å². The Morgan fingerprint density at radius 2 is 2.15 bits per heavy atom. The van der Waals surface area contributed by atoms with Crippen molar-refractivity contribution in [2.24, 2.45) is 5.73 Å². The number of aliphatic hydroxyl groups is 2. The molecule has 0 aliphatic carbocycles. The molecule has 0 unspecified atom stereocenters. The number of rotatable bonds is 3. The Balaban J connectivity index is 3.01. The monoisotopic (exact) mass is 182 g/mol. The maximum absolute atomic E-state index is 8.98. The molecule has 1 rings (SSSR count). The van der Waals surface area contributed by atoms with E-state index in [-0.39, 0.29) is 13.2 Å². The molecule has 4 N–H and O–H groups in total. The third-order valence-corrected chi connectivity index (χ3v) is 1.88. The molecule has 0 aromatic carbocycles. The summed E-state index contributed by atoms with van der Waals surface area (Å²) in [6, 6.07) is 5.20. The third-order valence-electron chi connectivity index (χ3n) is 1.88. The quantitative estimate of drug-likeness (QED) is 0.601. The van der Waals surface area contributed by atoms with E-state index in [0.29, 0.717) is 11.4 Å². The summed E-state index contributed by atoms with van der Waals surface area (Å²) in [5.74, 6) is 0. The second kappa shape index (κ2) is 3.83. The highest BCUT2D eigenvalue weighted by molar-refractivity contribution is 5.17. The summed E-state index contributed by atoms with van der Waals surface area (Å²) in [7, 11) is 0. The van der Waals surface area contributed by atoms with Crippen LogP contribution in [0.2, 0.25) is 0 Å². The van der Waals surface area contributed by atoms with Gasteiger partial charge < -0.3 is 15.9 Å². The topological polar surface area (TPSA) is 79.4 Å². The van der Waals surface area contributed by atoms with Crippen LogP contribution in [0.1, 0.15) is 18.3 Å². The van der Waals surface area contributed by atoms with Gasteiger partial charge >= 0.3 is 0 Å². The first-order chi connectivity index (χ1) is 6.10. The molecular formula is C9H14N2O2. The molecule has 4 heteroatoms. The lowest BCUT2D eigenvalue weighted by atomic mass is 10.00. The molecule has 0 fully saturated rings. The number of aliphatic hydroxyl groups excluding tert-OH is 2. The second-order valence-electron chi connectivity index (χ2n) is 3.25. The molecule has 0 amide bonds. The van der Waals surface area contributed by atoms with E-state index in [1.807, 2.05) is 0 Å². The number of hydrogen-bond acceptors (Lipinski definition) is 4. The minimum atomic E-state index is -0.842. The molecule has 1 aromatic rings. The summed E-state index contributed by atoms with van der Waals surface area (Å²) in [6.45, 7) is 1.40. The van der Waals surface area contributed by atoms with Crippen LogP contribution in [0, 0.1) is 0 Å². The van der Waals surface area contributed by atoms with Crippen LogP contribution in [0.4, 0.5) is 0 Å². The first-order valence-electron chi connectivity index (χ1n) is 4.07. The third kappa shape index (κ3) is 2.24. The lowest BCUT2D eigenvalue weighted by Gasteiger charge is -2.21. The molecule has 1 heterocycles. The molecular weight excluding hydrogens is 168 g/mol. The van der Waals surface area contributed by atoms with Crippen molar-refractivity contribution in [2.75, 3.05) is 6.61 Å². The van der Waals surface area contributed by atoms with Gasteiger partial charge in [-0.2, -0.15) is 0 Å². The Morgan fingerprint density at radius 3 is 2.69 bits per heavy atom. The van der Waals surface area contributed by atoms with Gasteiger partial charge in [0.25, 0.3) is 0 Å². The zero-order valence-electron chi connectivity index (χ0n) is 7.57. The van der Waals surface area contributed by atoms with Crippen molar-refractivity contribution in [1.82, 2.24) is 4.98 Å². The highest BCUT2D eigenvalue weighted by Crippen LogP contribution is 2.14. The van der Waals surface area contributed by atoms with Gasteiger partial charge in [0.15, 0.2) is 0 Å². The zero-order valence-corrected chi connectivity index (χ0v) is 7.57. The first kappa shape index (κ1) is 10.1. The fourth-order valence-electron chi connectivity index (χ4n) is 0.967. The van der Waals surface area contributed by atoms with Crippen molar-refractivity contribution in [2.45, 2.75) is 19.1 Å². The summed E-state index contributed by atoms with van der Waals surface area (Å²) < 4.78 is 0. The lowest BCUT2D eigenvalue weighted by Crippen LogP contribution is -2.38. The molecule has 13 heavy (non-hydrogen) atoms. The van der Waals surface area contributed by atoms with Crippen LogP contribution in [0.5, 0.6) is 0 Å². The maximum atomic E-state index is 8.98. The molecule has 0 aliphatic heterocycles. The van der Waals surface area contributed by atoms with Crippen LogP contribution < -0.4 is 5.73 Å². The van der Waals surface area contributed by atoms with E-state index in [1.54, 1.807) is 25.1 Å². The number of aromatic nitrogens is 1. The van der Waals surface area contributed by atoms with Gasteiger partial charge in [-0.05, 0) is 19.1 Å². The van der Waals surface area contributed by atoms with Crippen molar-refractivity contribution in [3.8, 4) is 0 Å². The van der Waals surface area contributed by atoms with Crippen molar-refractivity contribution in [3.63, 3.8) is 0 Å². The van der Waals surface area contributed by atoms with Crippen LogP contribution in [0.3, 0.4) is 0 Å². The number of nitrogens with two attached hydrogens (primary N) is 1. The Morgan fingerprint density at radius 1 is 1.46 bits per heavy atom. The average Bonchev–Trinajstić information content (AvgIpc) is 2.18. The van der Waals surface area contributed by atoms with Gasteiger partial charge in [0.05, 0.1) is 30.1 Å². The Kier molecular flexibility index (Phi) is 2.98. The van der Waals surface area contributed by atoms with E-state index < -0.39 is 5.54 Å². The van der Waals surface area contributed by atoms with Gasteiger partial charge in [-0.3, -0.25) is 4.98 Å². The Bertz CT molecular complexity index is 287. The minimum Gasteiger partial charge on any atom is -0.394 e. The van der Waals surface area contributed by atoms with Crippen molar-refractivity contribution in [3.05, 3.63) is 29.6 Å². The normalized spacial score (nSPS) is 15.4. The van der Waals surface area contributed by atoms with Gasteiger partial charge in [-0.15, -0.1) is 0 Å². The fourth-order valence-corrected chi connectivity index (χ4v) is 0.967. The smallest absolute Gasteiger partial charge is 0.0853 e. The number of nitrogens with zero attached hydrogens (tertiary/aromatic N) is 1. The predicted octanol–water partition coefficient (Wildman–Crippen LogP) is -0.260. The summed E-state index contributed by atoms with van der Waals surface area (Å²) in [4.78, 5) is 4.10. The summed E-state index contributed by atoms with van der Waals surface area (Å²) in [5.41, 5.74) is 6.07. The molecule has 4 nitrogen and oxygen atoms in total. The van der Waals surface area contributed by atoms with E-state index in [4.69, 9.17) is 15.9 Å². The number of pyridine rings is 1. The molecule has 0 bridgehead atoms. The van der Waals surface area contributed by atoms with Crippen LogP contribution in [-0.4, -0.2) is 21.8 Å². The van der Waals surface area contributed by atoms with Crippen molar-refractivity contribution >= 4 is 0 Å². The van der Waals surface area contributed by atoms with Gasteiger partial charge in [-0.1, -0.05) is 6.07 Å². The summed E-state index contributed by atoms with van der Waals surface area (Å²) >= 11 is 0. The second-order valence-corrected chi connectivity index (χ2v) is 3.25. The minimum absolute atomic E-state index is 0.116. The maximum Gasteiger partial charge on any atom is 0.0853 e. The number of hydrogen-bond donors (Lipinski definition) is 3. The van der Waals surface area contributed by atoms with Crippen molar-refractivity contribution < 1.29 is 10.2 Å². The van der Waals surface area contributed by atoms with Crippen LogP contribution in [0.15, 0.2) is 18.2 Å². The van der Waals surface area contributed by atoms with Gasteiger partial charge in [0.1, 0.15) is 0 Å². The van der Waals surface area contributed by atoms with Gasteiger partial charge in [0.2, 0.25) is 0 Å². The van der Waals surface area contributed by atoms with E-state index in [2.05, 4.69) is 4.98 Å². The largest absolute Gasteiger partial charge is 0.394 e. The van der Waals surface area contributed by atoms with E-state index in [0.717, 1.165) is 0 Å². The molecule has 0 radical (unpaired) electrons. The van der Waals surface area contributed by atoms with E-state index >= 15 is 0 Å². The summed E-state index contributed by atoms with van der Waals surface area (Å²) in [6.07, 6.45) is 0. The van der Waals surface area contributed by atoms with Crippen LogP contribution in [0.25, 0.3) is 0 Å². The van der Waals surface area contributed by atoms with Gasteiger partial charge in [0, 0.05) is 0 Å². The standard InChI is InChI=1S/C9H14N2O2/c1-9(10,6-13)8-4-2-3-7(5-12)11-8/h2-4,12-13H,5-6,10H2,1H3/t9-/m1/s1. The predicted molar refractivity (Wildman–Crippen MR) is 48.8 cm³/mol. The molecule has 1 aromatic heterocycles. The van der Waals surface area contributed by atoms with Gasteiger partial charge in [-0.25, -0.2) is 0 Å². The lowest BCUT2D eigenvalue weighted by molar-refractivity contribution is 0.205. The molecule has 0 aliphatic rings. The molecule has 0 spiro atoms. The highest BCUT2D eigenvalue weighted by Gasteiger charge is 2.21. The molecule has 1 atom stereocenters. The highest BCUT2D eigenvalue weighted by atomic mass is 16.3. The zero-order chi connectivity index (χ0) is 9.90. The first-order valence-corrected chi connectivity index (χ1v) is 4.07. The van der Waals surface area contributed by atoms with E-state index in [1.165, 1.54) is 0 Å². The molecule has 0 saturated heterocycles. The Labute approximate surface area is 77.0 Å². The molecule has 72 valence electrons. The summed E-state index contributed by atoms with van der Waals surface area (Å²) in [5, 5.41) is 17.8. The molecule has 0 saturated carbocycles. The fraction of sp³-hybridized carbons (Fsp3) is 0.444. The van der Waals surface area contributed by atoms with Crippen LogP contribution >= 0.6 is 0 Å². The van der Waals surface area contributed by atoms with Crippen molar-refractivity contribution in [1.29, 1.82) is 0 Å². The SMILES string of the molecule is C[C@@](N)(CO)c1cccc(CO)n1. The Hall–Kier alpha value is -0.970.